The van der Waals surface area contributed by atoms with Gasteiger partial charge in [0.05, 0.1) is 0 Å². The molecule has 0 unspecified atom stereocenters. The predicted molar refractivity (Wildman–Crippen MR) is 85.3 cm³/mol. The number of hydrogen-bond donors (Lipinski definition) is 0. The Labute approximate surface area is 139 Å². The van der Waals surface area contributed by atoms with Gasteiger partial charge < -0.3 is 4.90 Å². The van der Waals surface area contributed by atoms with Gasteiger partial charge in [-0.15, -0.1) is 0 Å². The standard InChI is InChI=1S/C17H17F2N5/c1-12(14-3-2-13(18)10-15(14)19)23-6-8-24(9-7-23)17-16(11-20)21-4-5-22-17/h2-5,10,12H,6-9H2,1H3/t12-/m1/s1. The Bertz CT molecular complexity index is 766. The van der Waals surface area contributed by atoms with Crippen LogP contribution in [0, 0.1) is 23.0 Å². The number of benzene rings is 1. The molecule has 7 heteroatoms. The minimum absolute atomic E-state index is 0.148. The van der Waals surface area contributed by atoms with Crippen molar-refractivity contribution in [3.63, 3.8) is 0 Å². The zero-order valence-corrected chi connectivity index (χ0v) is 13.3. The molecule has 1 aromatic heterocycles. The van der Waals surface area contributed by atoms with E-state index in [1.165, 1.54) is 18.3 Å². The van der Waals surface area contributed by atoms with E-state index in [9.17, 15) is 8.78 Å². The highest BCUT2D eigenvalue weighted by Gasteiger charge is 2.25. The number of anilines is 1. The van der Waals surface area contributed by atoms with Crippen molar-refractivity contribution in [2.24, 2.45) is 0 Å². The molecule has 1 saturated heterocycles. The lowest BCUT2D eigenvalue weighted by atomic mass is 10.1. The van der Waals surface area contributed by atoms with Crippen LogP contribution in [0.15, 0.2) is 30.6 Å². The van der Waals surface area contributed by atoms with E-state index in [0.717, 1.165) is 6.07 Å². The third-order valence-electron chi connectivity index (χ3n) is 4.36. The van der Waals surface area contributed by atoms with Crippen molar-refractivity contribution < 1.29 is 8.78 Å². The van der Waals surface area contributed by atoms with Crippen LogP contribution in [0.25, 0.3) is 0 Å². The van der Waals surface area contributed by atoms with Crippen molar-refractivity contribution in [1.29, 1.82) is 5.26 Å². The molecule has 5 nitrogen and oxygen atoms in total. The molecular formula is C17H17F2N5. The number of nitriles is 1. The maximum absolute atomic E-state index is 14.0. The summed E-state index contributed by atoms with van der Waals surface area (Å²) < 4.78 is 27.0. The Morgan fingerprint density at radius 2 is 1.83 bits per heavy atom. The summed E-state index contributed by atoms with van der Waals surface area (Å²) in [6, 6.07) is 5.60. The molecule has 0 spiro atoms. The van der Waals surface area contributed by atoms with Crippen LogP contribution in [0.1, 0.15) is 24.2 Å². The summed E-state index contributed by atoms with van der Waals surface area (Å²) >= 11 is 0. The molecule has 0 N–H and O–H groups in total. The second-order valence-electron chi connectivity index (χ2n) is 5.71. The summed E-state index contributed by atoms with van der Waals surface area (Å²) in [4.78, 5) is 12.4. The Kier molecular flexibility index (Phi) is 4.67. The molecule has 0 radical (unpaired) electrons. The summed E-state index contributed by atoms with van der Waals surface area (Å²) in [6.45, 7) is 4.63. The summed E-state index contributed by atoms with van der Waals surface area (Å²) in [5.41, 5.74) is 0.797. The van der Waals surface area contributed by atoms with Crippen molar-refractivity contribution in [2.75, 3.05) is 31.1 Å². The molecule has 1 atom stereocenters. The topological polar surface area (TPSA) is 56.1 Å². The van der Waals surface area contributed by atoms with Crippen molar-refractivity contribution in [3.05, 3.63) is 53.5 Å². The van der Waals surface area contributed by atoms with Gasteiger partial charge in [-0.05, 0) is 13.0 Å². The van der Waals surface area contributed by atoms with Crippen molar-refractivity contribution in [1.82, 2.24) is 14.9 Å². The van der Waals surface area contributed by atoms with Gasteiger partial charge in [0.15, 0.2) is 11.5 Å². The van der Waals surface area contributed by atoms with E-state index in [-0.39, 0.29) is 6.04 Å². The first-order valence-corrected chi connectivity index (χ1v) is 7.75. The monoisotopic (exact) mass is 329 g/mol. The molecule has 0 amide bonds. The predicted octanol–water partition coefficient (Wildman–Crippen LogP) is 2.51. The SMILES string of the molecule is C[C@H](c1ccc(F)cc1F)N1CCN(c2nccnc2C#N)CC1. The zero-order valence-electron chi connectivity index (χ0n) is 13.3. The normalized spacial score (nSPS) is 16.7. The molecule has 2 heterocycles. The average molecular weight is 329 g/mol. The van der Waals surface area contributed by atoms with Crippen LogP contribution in [0.5, 0.6) is 0 Å². The van der Waals surface area contributed by atoms with E-state index in [1.54, 1.807) is 6.20 Å². The number of halogens is 2. The maximum atomic E-state index is 14.0. The smallest absolute Gasteiger partial charge is 0.183 e. The van der Waals surface area contributed by atoms with Gasteiger partial charge in [-0.1, -0.05) is 6.07 Å². The van der Waals surface area contributed by atoms with Gasteiger partial charge in [0.1, 0.15) is 17.7 Å². The molecule has 1 aromatic carbocycles. The molecule has 1 aliphatic heterocycles. The number of rotatable bonds is 3. The van der Waals surface area contributed by atoms with Gasteiger partial charge >= 0.3 is 0 Å². The minimum atomic E-state index is -0.569. The Morgan fingerprint density at radius 1 is 1.12 bits per heavy atom. The first-order chi connectivity index (χ1) is 11.6. The Morgan fingerprint density at radius 3 is 2.50 bits per heavy atom. The van der Waals surface area contributed by atoms with Gasteiger partial charge in [0.2, 0.25) is 0 Å². The Balaban J connectivity index is 1.70. The second-order valence-corrected chi connectivity index (χ2v) is 5.71. The zero-order chi connectivity index (χ0) is 17.1. The average Bonchev–Trinajstić information content (AvgIpc) is 2.61. The van der Waals surface area contributed by atoms with E-state index < -0.39 is 11.6 Å². The third kappa shape index (κ3) is 3.19. The quantitative estimate of drug-likeness (QED) is 0.866. The van der Waals surface area contributed by atoms with E-state index in [4.69, 9.17) is 5.26 Å². The maximum Gasteiger partial charge on any atom is 0.183 e. The fourth-order valence-electron chi connectivity index (χ4n) is 3.00. The highest BCUT2D eigenvalue weighted by atomic mass is 19.1. The highest BCUT2D eigenvalue weighted by Crippen LogP contribution is 2.26. The van der Waals surface area contributed by atoms with E-state index in [1.807, 2.05) is 11.8 Å². The van der Waals surface area contributed by atoms with E-state index in [2.05, 4.69) is 20.9 Å². The molecule has 124 valence electrons. The van der Waals surface area contributed by atoms with E-state index in [0.29, 0.717) is 43.3 Å². The minimum Gasteiger partial charge on any atom is -0.352 e. The number of hydrogen-bond acceptors (Lipinski definition) is 5. The van der Waals surface area contributed by atoms with Crippen LogP contribution in [0.2, 0.25) is 0 Å². The van der Waals surface area contributed by atoms with Crippen LogP contribution in [0.3, 0.4) is 0 Å². The summed E-state index contributed by atoms with van der Waals surface area (Å²) in [5.74, 6) is -0.508. The number of nitrogens with zero attached hydrogens (tertiary/aromatic N) is 5. The summed E-state index contributed by atoms with van der Waals surface area (Å²) in [5, 5.41) is 9.13. The molecule has 1 aliphatic rings. The molecule has 0 bridgehead atoms. The first-order valence-electron chi connectivity index (χ1n) is 7.75. The van der Waals surface area contributed by atoms with Crippen molar-refractivity contribution >= 4 is 5.82 Å². The van der Waals surface area contributed by atoms with Crippen LogP contribution in [-0.4, -0.2) is 41.0 Å². The molecule has 3 rings (SSSR count). The molecule has 2 aromatic rings. The molecule has 0 saturated carbocycles. The lowest BCUT2D eigenvalue weighted by molar-refractivity contribution is 0.194. The highest BCUT2D eigenvalue weighted by molar-refractivity contribution is 5.49. The van der Waals surface area contributed by atoms with Gasteiger partial charge in [-0.2, -0.15) is 5.26 Å². The van der Waals surface area contributed by atoms with Crippen LogP contribution in [-0.2, 0) is 0 Å². The number of piperazine rings is 1. The van der Waals surface area contributed by atoms with Gasteiger partial charge in [-0.25, -0.2) is 18.7 Å². The largest absolute Gasteiger partial charge is 0.352 e. The van der Waals surface area contributed by atoms with Gasteiger partial charge in [0, 0.05) is 56.2 Å². The lowest BCUT2D eigenvalue weighted by Gasteiger charge is -2.38. The summed E-state index contributed by atoms with van der Waals surface area (Å²) in [6.07, 6.45) is 3.07. The molecular weight excluding hydrogens is 312 g/mol. The Hall–Kier alpha value is -2.59. The molecule has 0 aliphatic carbocycles. The molecule has 24 heavy (non-hydrogen) atoms. The molecule has 1 fully saturated rings. The van der Waals surface area contributed by atoms with Crippen molar-refractivity contribution in [2.45, 2.75) is 13.0 Å². The lowest BCUT2D eigenvalue weighted by Crippen LogP contribution is -2.47. The van der Waals surface area contributed by atoms with Crippen molar-refractivity contribution in [3.8, 4) is 6.07 Å². The van der Waals surface area contributed by atoms with Crippen LogP contribution in [0.4, 0.5) is 14.6 Å². The number of aromatic nitrogens is 2. The van der Waals surface area contributed by atoms with E-state index >= 15 is 0 Å². The first kappa shape index (κ1) is 16.3. The van der Waals surface area contributed by atoms with Gasteiger partial charge in [-0.3, -0.25) is 4.90 Å². The third-order valence-corrected chi connectivity index (χ3v) is 4.36. The van der Waals surface area contributed by atoms with Crippen LogP contribution < -0.4 is 4.90 Å². The van der Waals surface area contributed by atoms with Gasteiger partial charge in [0.25, 0.3) is 0 Å². The van der Waals surface area contributed by atoms with Crippen LogP contribution >= 0.6 is 0 Å². The second kappa shape index (κ2) is 6.89. The fourth-order valence-corrected chi connectivity index (χ4v) is 3.00. The summed E-state index contributed by atoms with van der Waals surface area (Å²) in [7, 11) is 0. The fraction of sp³-hybridized carbons (Fsp3) is 0.353.